The Balaban J connectivity index is 1.42. The number of rotatable bonds is 5. The summed E-state index contributed by atoms with van der Waals surface area (Å²) in [5.41, 5.74) is 2.32. The molecular weight excluding hydrogens is 412 g/mol. The molecule has 0 aromatic carbocycles. The van der Waals surface area contributed by atoms with Gasteiger partial charge in [0.15, 0.2) is 5.16 Å². The molecule has 6 nitrogen and oxygen atoms in total. The normalized spacial score (nSPS) is 15.6. The van der Waals surface area contributed by atoms with E-state index in [0.717, 1.165) is 26.1 Å². The number of hydrogen-bond donors (Lipinski definition) is 1. The summed E-state index contributed by atoms with van der Waals surface area (Å²) >= 11 is 4.81. The average molecular weight is 433 g/mol. The Kier molecular flexibility index (Phi) is 5.39. The van der Waals surface area contributed by atoms with E-state index in [-0.39, 0.29) is 23.9 Å². The molecule has 0 unspecified atom stereocenters. The van der Waals surface area contributed by atoms with Crippen molar-refractivity contribution in [1.82, 2.24) is 19.9 Å². The molecule has 0 saturated heterocycles. The topological polar surface area (TPSA) is 76.9 Å². The summed E-state index contributed by atoms with van der Waals surface area (Å²) in [7, 11) is 0. The van der Waals surface area contributed by atoms with E-state index < -0.39 is 0 Å². The summed E-state index contributed by atoms with van der Waals surface area (Å²) in [4.78, 5) is 36.4. The van der Waals surface area contributed by atoms with Crippen LogP contribution >= 0.6 is 34.4 Å². The number of nitrogens with zero attached hydrogens (tertiary/aromatic N) is 3. The van der Waals surface area contributed by atoms with Crippen molar-refractivity contribution in [1.29, 1.82) is 0 Å². The van der Waals surface area contributed by atoms with E-state index in [2.05, 4.69) is 21.4 Å². The fraction of sp³-hybridized carbons (Fsp3) is 0.368. The van der Waals surface area contributed by atoms with Crippen LogP contribution in [0, 0.1) is 20.8 Å². The number of carbonyl (C=O) groups excluding carboxylic acids is 1. The predicted octanol–water partition coefficient (Wildman–Crippen LogP) is 3.71. The quantitative estimate of drug-likeness (QED) is 0.622. The summed E-state index contributed by atoms with van der Waals surface area (Å²) < 4.78 is 1.68. The van der Waals surface area contributed by atoms with E-state index in [1.165, 1.54) is 11.8 Å². The van der Waals surface area contributed by atoms with E-state index in [4.69, 9.17) is 0 Å². The predicted molar refractivity (Wildman–Crippen MR) is 114 cm³/mol. The van der Waals surface area contributed by atoms with Crippen molar-refractivity contribution in [2.75, 3.05) is 5.75 Å². The first-order valence-corrected chi connectivity index (χ1v) is 11.6. The third-order valence-electron chi connectivity index (χ3n) is 4.81. The highest BCUT2D eigenvalue weighted by atomic mass is 32.2. The molecule has 3 aromatic heterocycles. The van der Waals surface area contributed by atoms with Gasteiger partial charge in [0, 0.05) is 28.3 Å². The molecule has 146 valence electrons. The molecule has 28 heavy (non-hydrogen) atoms. The molecule has 0 aliphatic carbocycles. The maximum Gasteiger partial charge on any atom is 0.257 e. The molecule has 0 spiro atoms. The first-order valence-electron chi connectivity index (χ1n) is 8.93. The molecule has 1 atom stereocenters. The van der Waals surface area contributed by atoms with Crippen LogP contribution in [-0.2, 0) is 11.3 Å². The van der Waals surface area contributed by atoms with Gasteiger partial charge in [0.1, 0.15) is 5.01 Å². The Bertz CT molecular complexity index is 1090. The fourth-order valence-corrected chi connectivity index (χ4v) is 6.07. The van der Waals surface area contributed by atoms with Crippen LogP contribution in [0.3, 0.4) is 0 Å². The van der Waals surface area contributed by atoms with Gasteiger partial charge in [-0.15, -0.1) is 22.7 Å². The molecule has 9 heteroatoms. The van der Waals surface area contributed by atoms with E-state index in [1.54, 1.807) is 34.2 Å². The lowest BCUT2D eigenvalue weighted by atomic mass is 10.2. The third-order valence-corrected chi connectivity index (χ3v) is 8.11. The fourth-order valence-electron chi connectivity index (χ4n) is 3.09. The zero-order valence-corrected chi connectivity index (χ0v) is 18.3. The first-order chi connectivity index (χ1) is 13.4. The van der Waals surface area contributed by atoms with Gasteiger partial charge in [-0.2, -0.15) is 0 Å². The monoisotopic (exact) mass is 432 g/mol. The second-order valence-electron chi connectivity index (χ2n) is 6.73. The van der Waals surface area contributed by atoms with Crippen LogP contribution in [-0.4, -0.2) is 26.2 Å². The summed E-state index contributed by atoms with van der Waals surface area (Å²) in [6.45, 7) is 6.06. The van der Waals surface area contributed by atoms with Crippen molar-refractivity contribution in [2.45, 2.75) is 44.9 Å². The number of hydrogen-bond acceptors (Lipinski definition) is 7. The number of amides is 1. The number of aryl methyl sites for hydroxylation is 2. The molecule has 4 rings (SSSR count). The standard InChI is InChI=1S/C19H20N4O2S3/c1-10-11(2)22-19-23(18(10)25)13(9-27-19)7-16(24)20-8-15-12(3)21-17(28-15)14-5-4-6-26-14/h4-6,13H,7-9H2,1-3H3,(H,20,24)/t13-/m0/s1. The molecule has 3 aromatic rings. The summed E-state index contributed by atoms with van der Waals surface area (Å²) in [6, 6.07) is 3.91. The molecule has 0 radical (unpaired) electrons. The SMILES string of the molecule is Cc1nc(-c2cccs2)sc1CNC(=O)C[C@H]1CSc2nc(C)c(C)c(=O)n21. The Morgan fingerprint density at radius 3 is 2.86 bits per heavy atom. The zero-order chi connectivity index (χ0) is 19.8. The number of aromatic nitrogens is 3. The van der Waals surface area contributed by atoms with Crippen LogP contribution in [0.2, 0.25) is 0 Å². The van der Waals surface area contributed by atoms with Crippen LogP contribution in [0.15, 0.2) is 27.5 Å². The van der Waals surface area contributed by atoms with Gasteiger partial charge >= 0.3 is 0 Å². The minimum atomic E-state index is -0.150. The van der Waals surface area contributed by atoms with E-state index >= 15 is 0 Å². The highest BCUT2D eigenvalue weighted by Gasteiger charge is 2.28. The molecule has 4 heterocycles. The van der Waals surface area contributed by atoms with E-state index in [9.17, 15) is 9.59 Å². The molecule has 1 amide bonds. The summed E-state index contributed by atoms with van der Waals surface area (Å²) in [5.74, 6) is 0.634. The van der Waals surface area contributed by atoms with E-state index in [0.29, 0.717) is 23.0 Å². The minimum absolute atomic E-state index is 0.0378. The van der Waals surface area contributed by atoms with Crippen molar-refractivity contribution in [3.05, 3.63) is 49.7 Å². The maximum atomic E-state index is 12.6. The van der Waals surface area contributed by atoms with Crippen LogP contribution in [0.25, 0.3) is 9.88 Å². The van der Waals surface area contributed by atoms with Gasteiger partial charge in [-0.25, -0.2) is 9.97 Å². The number of nitrogens with one attached hydrogen (secondary N) is 1. The molecule has 1 N–H and O–H groups in total. The molecule has 0 bridgehead atoms. The lowest BCUT2D eigenvalue weighted by Gasteiger charge is -2.14. The number of thioether (sulfide) groups is 1. The lowest BCUT2D eigenvalue weighted by Crippen LogP contribution is -2.31. The van der Waals surface area contributed by atoms with Crippen molar-refractivity contribution >= 4 is 40.3 Å². The van der Waals surface area contributed by atoms with Crippen LogP contribution < -0.4 is 10.9 Å². The molecule has 1 aliphatic heterocycles. The second kappa shape index (κ2) is 7.81. The smallest absolute Gasteiger partial charge is 0.257 e. The number of thiazole rings is 1. The minimum Gasteiger partial charge on any atom is -0.351 e. The highest BCUT2D eigenvalue weighted by Crippen LogP contribution is 2.33. The maximum absolute atomic E-state index is 12.6. The molecular formula is C19H20N4O2S3. The molecule has 1 aliphatic rings. The largest absolute Gasteiger partial charge is 0.351 e. The van der Waals surface area contributed by atoms with Gasteiger partial charge < -0.3 is 5.32 Å². The van der Waals surface area contributed by atoms with Gasteiger partial charge in [-0.05, 0) is 32.2 Å². The van der Waals surface area contributed by atoms with Gasteiger partial charge in [-0.3, -0.25) is 14.2 Å². The Labute approximate surface area is 175 Å². The Morgan fingerprint density at radius 1 is 1.29 bits per heavy atom. The zero-order valence-electron chi connectivity index (χ0n) is 15.8. The van der Waals surface area contributed by atoms with Crippen molar-refractivity contribution < 1.29 is 4.79 Å². The van der Waals surface area contributed by atoms with Gasteiger partial charge in [0.05, 0.1) is 23.2 Å². The van der Waals surface area contributed by atoms with Gasteiger partial charge in [-0.1, -0.05) is 17.8 Å². The number of fused-ring (bicyclic) bond motifs is 1. The van der Waals surface area contributed by atoms with Gasteiger partial charge in [0.25, 0.3) is 5.56 Å². The summed E-state index contributed by atoms with van der Waals surface area (Å²) in [6.07, 6.45) is 0.278. The lowest BCUT2D eigenvalue weighted by molar-refractivity contribution is -0.121. The van der Waals surface area contributed by atoms with Crippen LogP contribution in [0.4, 0.5) is 0 Å². The highest BCUT2D eigenvalue weighted by molar-refractivity contribution is 7.99. The van der Waals surface area contributed by atoms with Crippen molar-refractivity contribution in [3.8, 4) is 9.88 Å². The Hall–Kier alpha value is -1.97. The van der Waals surface area contributed by atoms with Crippen LogP contribution in [0.5, 0.6) is 0 Å². The number of carbonyl (C=O) groups is 1. The molecule has 0 saturated carbocycles. The van der Waals surface area contributed by atoms with E-state index in [1.807, 2.05) is 25.3 Å². The summed E-state index contributed by atoms with van der Waals surface area (Å²) in [5, 5.41) is 6.72. The van der Waals surface area contributed by atoms with Crippen LogP contribution in [0.1, 0.15) is 34.3 Å². The molecule has 0 fully saturated rings. The Morgan fingerprint density at radius 2 is 2.11 bits per heavy atom. The third kappa shape index (κ3) is 3.66. The second-order valence-corrected chi connectivity index (χ2v) is 9.75. The first kappa shape index (κ1) is 19.4. The van der Waals surface area contributed by atoms with Crippen molar-refractivity contribution in [3.63, 3.8) is 0 Å². The average Bonchev–Trinajstić information content (AvgIpc) is 3.39. The van der Waals surface area contributed by atoms with Gasteiger partial charge in [0.2, 0.25) is 5.91 Å². The number of thiophene rings is 1. The van der Waals surface area contributed by atoms with Crippen molar-refractivity contribution in [2.24, 2.45) is 0 Å².